The number of carbonyl (C=O) groups excluding carboxylic acids is 1. The Morgan fingerprint density at radius 3 is 2.61 bits per heavy atom. The maximum Gasteiger partial charge on any atom is 0.243 e. The van der Waals surface area contributed by atoms with E-state index >= 15 is 0 Å². The predicted octanol–water partition coefficient (Wildman–Crippen LogP) is 0.952. The first-order valence-corrected chi connectivity index (χ1v) is 8.60. The monoisotopic (exact) mass is 367 g/mol. The fourth-order valence-corrected chi connectivity index (χ4v) is 3.06. The second kappa shape index (κ2) is 9.14. The fraction of sp³-hybridized carbons (Fsp3) is 0.462. The number of nitrogens with one attached hydrogen (secondary N) is 3. The van der Waals surface area contributed by atoms with E-state index in [1.165, 1.54) is 6.92 Å². The van der Waals surface area contributed by atoms with Crippen LogP contribution in [0, 0.1) is 5.82 Å². The molecule has 1 rings (SSSR count). The minimum Gasteiger partial charge on any atom is -0.383 e. The lowest BCUT2D eigenvalue weighted by molar-refractivity contribution is -0.114. The van der Waals surface area contributed by atoms with Crippen molar-refractivity contribution < 1.29 is 22.3 Å². The van der Waals surface area contributed by atoms with Crippen molar-refractivity contribution in [3.63, 3.8) is 0 Å². The van der Waals surface area contributed by atoms with Gasteiger partial charge in [0.2, 0.25) is 15.9 Å². The van der Waals surface area contributed by atoms with E-state index in [9.17, 15) is 17.6 Å². The number of benzene rings is 1. The number of sulfonamides is 1. The standard InChI is InChI=1S/C13H19ClFN3O4S/c1-9(19)18-12-8-11(15)13(7-10(12)14)23(20,21)17-4-3-16-5-6-22-2/h7-8,16-17H,3-6H2,1-2H3,(H,18,19). The van der Waals surface area contributed by atoms with Crippen LogP contribution in [-0.2, 0) is 19.6 Å². The highest BCUT2D eigenvalue weighted by Crippen LogP contribution is 2.27. The molecule has 1 aromatic carbocycles. The summed E-state index contributed by atoms with van der Waals surface area (Å²) in [6, 6.07) is 1.83. The number of halogens is 2. The first-order valence-electron chi connectivity index (χ1n) is 6.74. The average Bonchev–Trinajstić information content (AvgIpc) is 2.45. The van der Waals surface area contributed by atoms with Crippen LogP contribution in [0.4, 0.5) is 10.1 Å². The topological polar surface area (TPSA) is 96.5 Å². The Balaban J connectivity index is 2.76. The average molecular weight is 368 g/mol. The van der Waals surface area contributed by atoms with Gasteiger partial charge in [-0.1, -0.05) is 11.6 Å². The van der Waals surface area contributed by atoms with Crippen LogP contribution in [0.3, 0.4) is 0 Å². The molecule has 0 aliphatic rings. The van der Waals surface area contributed by atoms with Crippen LogP contribution in [0.1, 0.15) is 6.92 Å². The molecule has 0 aliphatic carbocycles. The van der Waals surface area contributed by atoms with Crippen LogP contribution in [0.2, 0.25) is 5.02 Å². The number of ether oxygens (including phenoxy) is 1. The van der Waals surface area contributed by atoms with Crippen LogP contribution in [0.15, 0.2) is 17.0 Å². The molecule has 0 saturated heterocycles. The fourth-order valence-electron chi connectivity index (χ4n) is 1.67. The van der Waals surface area contributed by atoms with E-state index in [4.69, 9.17) is 16.3 Å². The molecule has 0 unspecified atom stereocenters. The Hall–Kier alpha value is -1.26. The van der Waals surface area contributed by atoms with Crippen molar-refractivity contribution in [2.24, 2.45) is 0 Å². The van der Waals surface area contributed by atoms with Crippen molar-refractivity contribution in [3.8, 4) is 0 Å². The summed E-state index contributed by atoms with van der Waals surface area (Å²) >= 11 is 5.87. The van der Waals surface area contributed by atoms with E-state index < -0.39 is 26.6 Å². The van der Waals surface area contributed by atoms with E-state index in [-0.39, 0.29) is 17.3 Å². The zero-order valence-electron chi connectivity index (χ0n) is 12.8. The van der Waals surface area contributed by atoms with Gasteiger partial charge in [-0.2, -0.15) is 0 Å². The quantitative estimate of drug-likeness (QED) is 0.565. The second-order valence-electron chi connectivity index (χ2n) is 4.58. The molecule has 7 nitrogen and oxygen atoms in total. The number of hydrogen-bond donors (Lipinski definition) is 3. The van der Waals surface area contributed by atoms with E-state index in [0.29, 0.717) is 19.7 Å². The van der Waals surface area contributed by atoms with Crippen molar-refractivity contribution in [1.29, 1.82) is 0 Å². The van der Waals surface area contributed by atoms with E-state index in [1.54, 1.807) is 7.11 Å². The van der Waals surface area contributed by atoms with E-state index in [2.05, 4.69) is 15.4 Å². The van der Waals surface area contributed by atoms with Crippen LogP contribution in [-0.4, -0.2) is 47.7 Å². The van der Waals surface area contributed by atoms with Gasteiger partial charge in [-0.25, -0.2) is 17.5 Å². The smallest absolute Gasteiger partial charge is 0.243 e. The lowest BCUT2D eigenvalue weighted by Crippen LogP contribution is -2.33. The molecule has 0 aromatic heterocycles. The second-order valence-corrected chi connectivity index (χ2v) is 6.73. The third-order valence-electron chi connectivity index (χ3n) is 2.70. The van der Waals surface area contributed by atoms with Gasteiger partial charge in [-0.3, -0.25) is 4.79 Å². The minimum absolute atomic E-state index is 0.0110. The van der Waals surface area contributed by atoms with Crippen LogP contribution >= 0.6 is 11.6 Å². The van der Waals surface area contributed by atoms with Gasteiger partial charge in [0.15, 0.2) is 0 Å². The van der Waals surface area contributed by atoms with Gasteiger partial charge in [0.1, 0.15) is 10.7 Å². The molecule has 0 bridgehead atoms. The molecule has 0 saturated carbocycles. The van der Waals surface area contributed by atoms with Crippen LogP contribution in [0.5, 0.6) is 0 Å². The third kappa shape index (κ3) is 6.40. The van der Waals surface area contributed by atoms with Gasteiger partial charge < -0.3 is 15.4 Å². The van der Waals surface area contributed by atoms with Gasteiger partial charge >= 0.3 is 0 Å². The van der Waals surface area contributed by atoms with Gasteiger partial charge in [0.05, 0.1) is 17.3 Å². The summed E-state index contributed by atoms with van der Waals surface area (Å²) in [5.41, 5.74) is 0.0110. The minimum atomic E-state index is -4.04. The number of carbonyl (C=O) groups is 1. The normalized spacial score (nSPS) is 11.5. The predicted molar refractivity (Wildman–Crippen MR) is 85.6 cm³/mol. The molecule has 1 amide bonds. The molecule has 3 N–H and O–H groups in total. The number of rotatable bonds is 9. The Kier molecular flexibility index (Phi) is 7.86. The summed E-state index contributed by atoms with van der Waals surface area (Å²) in [5, 5.41) is 5.20. The molecule has 130 valence electrons. The molecule has 0 radical (unpaired) electrons. The Labute approximate surface area is 139 Å². The number of amides is 1. The Morgan fingerprint density at radius 2 is 2.00 bits per heavy atom. The molecule has 0 fully saturated rings. The Bertz CT molecular complexity index is 655. The maximum absolute atomic E-state index is 14.0. The van der Waals surface area contributed by atoms with E-state index in [0.717, 1.165) is 12.1 Å². The largest absolute Gasteiger partial charge is 0.383 e. The summed E-state index contributed by atoms with van der Waals surface area (Å²) in [6.45, 7) is 2.75. The molecule has 0 heterocycles. The van der Waals surface area contributed by atoms with Gasteiger partial charge in [-0.15, -0.1) is 0 Å². The van der Waals surface area contributed by atoms with Gasteiger partial charge in [-0.05, 0) is 6.07 Å². The van der Waals surface area contributed by atoms with Crippen molar-refractivity contribution in [1.82, 2.24) is 10.0 Å². The first kappa shape index (κ1) is 19.8. The van der Waals surface area contributed by atoms with Gasteiger partial charge in [0, 0.05) is 39.7 Å². The molecule has 23 heavy (non-hydrogen) atoms. The third-order valence-corrected chi connectivity index (χ3v) is 4.49. The van der Waals surface area contributed by atoms with E-state index in [1.807, 2.05) is 0 Å². The summed E-state index contributed by atoms with van der Waals surface area (Å²) in [7, 11) is -2.49. The lowest BCUT2D eigenvalue weighted by atomic mass is 10.3. The molecular formula is C13H19ClFN3O4S. The summed E-state index contributed by atoms with van der Waals surface area (Å²) < 4.78 is 45.2. The van der Waals surface area contributed by atoms with Crippen molar-refractivity contribution >= 4 is 33.2 Å². The highest BCUT2D eigenvalue weighted by atomic mass is 35.5. The zero-order valence-corrected chi connectivity index (χ0v) is 14.4. The highest BCUT2D eigenvalue weighted by molar-refractivity contribution is 7.89. The molecule has 0 atom stereocenters. The number of hydrogen-bond acceptors (Lipinski definition) is 5. The molecule has 0 spiro atoms. The molecule has 10 heteroatoms. The number of methoxy groups -OCH3 is 1. The molecular weight excluding hydrogens is 349 g/mol. The Morgan fingerprint density at radius 1 is 1.30 bits per heavy atom. The lowest BCUT2D eigenvalue weighted by Gasteiger charge is -2.11. The summed E-state index contributed by atoms with van der Waals surface area (Å²) in [4.78, 5) is 10.4. The summed E-state index contributed by atoms with van der Waals surface area (Å²) in [6.07, 6.45) is 0. The van der Waals surface area contributed by atoms with Crippen molar-refractivity contribution in [3.05, 3.63) is 23.0 Å². The van der Waals surface area contributed by atoms with Crippen molar-refractivity contribution in [2.45, 2.75) is 11.8 Å². The van der Waals surface area contributed by atoms with Crippen LogP contribution < -0.4 is 15.4 Å². The van der Waals surface area contributed by atoms with Crippen molar-refractivity contribution in [2.75, 3.05) is 38.7 Å². The summed E-state index contributed by atoms with van der Waals surface area (Å²) in [5.74, 6) is -1.44. The maximum atomic E-state index is 14.0. The van der Waals surface area contributed by atoms with Gasteiger partial charge in [0.25, 0.3) is 0 Å². The zero-order chi connectivity index (χ0) is 17.5. The van der Waals surface area contributed by atoms with Crippen LogP contribution in [0.25, 0.3) is 0 Å². The first-order chi connectivity index (χ1) is 10.8. The SMILES string of the molecule is COCCNCCNS(=O)(=O)c1cc(Cl)c(NC(C)=O)cc1F. The molecule has 1 aromatic rings. The highest BCUT2D eigenvalue weighted by Gasteiger charge is 2.21. The molecule has 0 aliphatic heterocycles. The number of anilines is 1.